The van der Waals surface area contributed by atoms with Gasteiger partial charge in [0.15, 0.2) is 0 Å². The molecule has 0 spiro atoms. The number of nitrogens with two attached hydrogens (primary N) is 1. The van der Waals surface area contributed by atoms with E-state index >= 15 is 0 Å². The highest BCUT2D eigenvalue weighted by atomic mass is 14.7. The summed E-state index contributed by atoms with van der Waals surface area (Å²) in [5, 5.41) is 2.43. The SMILES string of the molecule is Nc1cccc2c1[nH]c1ccccc12. The zero-order chi connectivity index (χ0) is 9.54. The van der Waals surface area contributed by atoms with Gasteiger partial charge in [0, 0.05) is 16.3 Å². The number of aromatic amines is 1. The van der Waals surface area contributed by atoms with Crippen LogP contribution in [0.1, 0.15) is 0 Å². The Kier molecular flexibility index (Phi) is 1.34. The molecule has 2 aromatic carbocycles. The molecule has 68 valence electrons. The molecule has 0 atom stereocenters. The Balaban J connectivity index is 2.63. The van der Waals surface area contributed by atoms with Crippen LogP contribution in [0.3, 0.4) is 0 Å². The van der Waals surface area contributed by atoms with Crippen LogP contribution in [-0.2, 0) is 0 Å². The van der Waals surface area contributed by atoms with Crippen LogP contribution in [0, 0.1) is 0 Å². The number of hydrogen-bond acceptors (Lipinski definition) is 1. The summed E-state index contributed by atoms with van der Waals surface area (Å²) in [7, 11) is 0. The molecule has 0 aliphatic heterocycles. The molecule has 0 amide bonds. The Morgan fingerprint density at radius 1 is 0.857 bits per heavy atom. The maximum absolute atomic E-state index is 5.89. The van der Waals surface area contributed by atoms with Crippen molar-refractivity contribution < 1.29 is 0 Å². The normalized spacial score (nSPS) is 11.1. The van der Waals surface area contributed by atoms with Gasteiger partial charge in [-0.3, -0.25) is 0 Å². The smallest absolute Gasteiger partial charge is 0.0698 e. The van der Waals surface area contributed by atoms with Gasteiger partial charge in [0.1, 0.15) is 0 Å². The van der Waals surface area contributed by atoms with Gasteiger partial charge in [0.05, 0.1) is 11.2 Å². The minimum Gasteiger partial charge on any atom is -0.397 e. The van der Waals surface area contributed by atoms with Gasteiger partial charge in [-0.1, -0.05) is 30.3 Å². The molecule has 14 heavy (non-hydrogen) atoms. The van der Waals surface area contributed by atoms with Crippen molar-refractivity contribution in [3.8, 4) is 0 Å². The first kappa shape index (κ1) is 7.44. The maximum atomic E-state index is 5.89. The van der Waals surface area contributed by atoms with Gasteiger partial charge in [0.2, 0.25) is 0 Å². The van der Waals surface area contributed by atoms with Gasteiger partial charge in [-0.25, -0.2) is 0 Å². The Bertz CT molecular complexity index is 608. The van der Waals surface area contributed by atoms with E-state index in [1.54, 1.807) is 0 Å². The summed E-state index contributed by atoms with van der Waals surface area (Å²) in [5.41, 5.74) is 8.87. The van der Waals surface area contributed by atoms with Crippen LogP contribution in [0.15, 0.2) is 42.5 Å². The molecule has 0 aliphatic rings. The van der Waals surface area contributed by atoms with Crippen LogP contribution >= 0.6 is 0 Å². The van der Waals surface area contributed by atoms with Crippen molar-refractivity contribution in [1.29, 1.82) is 0 Å². The molecule has 0 unspecified atom stereocenters. The van der Waals surface area contributed by atoms with Crippen molar-refractivity contribution in [2.75, 3.05) is 5.73 Å². The average molecular weight is 182 g/mol. The molecule has 3 rings (SSSR count). The zero-order valence-corrected chi connectivity index (χ0v) is 7.62. The molecule has 0 saturated heterocycles. The molecule has 0 bridgehead atoms. The van der Waals surface area contributed by atoms with Gasteiger partial charge in [-0.15, -0.1) is 0 Å². The van der Waals surface area contributed by atoms with E-state index in [-0.39, 0.29) is 0 Å². The van der Waals surface area contributed by atoms with Crippen molar-refractivity contribution in [2.45, 2.75) is 0 Å². The molecule has 0 aliphatic carbocycles. The molecule has 0 fully saturated rings. The summed E-state index contributed by atoms with van der Waals surface area (Å²) in [6.07, 6.45) is 0. The molecule has 2 nitrogen and oxygen atoms in total. The fraction of sp³-hybridized carbons (Fsp3) is 0. The number of nitrogen functional groups attached to an aromatic ring is 1. The van der Waals surface area contributed by atoms with E-state index in [0.717, 1.165) is 16.7 Å². The second-order valence-corrected chi connectivity index (χ2v) is 3.44. The Morgan fingerprint density at radius 2 is 1.64 bits per heavy atom. The quantitative estimate of drug-likeness (QED) is 0.516. The van der Waals surface area contributed by atoms with Crippen molar-refractivity contribution in [1.82, 2.24) is 4.98 Å². The van der Waals surface area contributed by atoms with Crippen LogP contribution in [0.2, 0.25) is 0 Å². The number of hydrogen-bond donors (Lipinski definition) is 2. The lowest BCUT2D eigenvalue weighted by atomic mass is 10.1. The third-order valence-electron chi connectivity index (χ3n) is 2.57. The average Bonchev–Trinajstić information content (AvgIpc) is 2.59. The molecular weight excluding hydrogens is 172 g/mol. The molecule has 0 saturated carbocycles. The van der Waals surface area contributed by atoms with Crippen LogP contribution in [0.4, 0.5) is 5.69 Å². The van der Waals surface area contributed by atoms with Gasteiger partial charge >= 0.3 is 0 Å². The maximum Gasteiger partial charge on any atom is 0.0698 e. The molecule has 1 heterocycles. The number of benzene rings is 2. The monoisotopic (exact) mass is 182 g/mol. The summed E-state index contributed by atoms with van der Waals surface area (Å²) in [6, 6.07) is 14.2. The summed E-state index contributed by atoms with van der Waals surface area (Å²) < 4.78 is 0. The van der Waals surface area contributed by atoms with Gasteiger partial charge in [0.25, 0.3) is 0 Å². The second-order valence-electron chi connectivity index (χ2n) is 3.44. The molecule has 2 heteroatoms. The Hall–Kier alpha value is -1.96. The van der Waals surface area contributed by atoms with Crippen LogP contribution < -0.4 is 5.73 Å². The number of H-pyrrole nitrogens is 1. The first-order chi connectivity index (χ1) is 6.86. The van der Waals surface area contributed by atoms with Gasteiger partial charge in [-0.2, -0.15) is 0 Å². The summed E-state index contributed by atoms with van der Waals surface area (Å²) in [4.78, 5) is 3.32. The first-order valence-electron chi connectivity index (χ1n) is 4.61. The van der Waals surface area contributed by atoms with E-state index in [9.17, 15) is 0 Å². The van der Waals surface area contributed by atoms with Crippen molar-refractivity contribution in [2.24, 2.45) is 0 Å². The lowest BCUT2D eigenvalue weighted by Gasteiger charge is -1.93. The first-order valence-corrected chi connectivity index (χ1v) is 4.61. The highest BCUT2D eigenvalue weighted by Crippen LogP contribution is 2.28. The van der Waals surface area contributed by atoms with Crippen molar-refractivity contribution in [3.63, 3.8) is 0 Å². The number of fused-ring (bicyclic) bond motifs is 3. The van der Waals surface area contributed by atoms with E-state index in [4.69, 9.17) is 5.73 Å². The molecule has 3 N–H and O–H groups in total. The third kappa shape index (κ3) is 0.852. The molecular formula is C12H10N2. The highest BCUT2D eigenvalue weighted by Gasteiger charge is 2.04. The largest absolute Gasteiger partial charge is 0.397 e. The van der Waals surface area contributed by atoms with Gasteiger partial charge < -0.3 is 10.7 Å². The predicted octanol–water partition coefficient (Wildman–Crippen LogP) is 2.90. The van der Waals surface area contributed by atoms with Crippen LogP contribution in [0.25, 0.3) is 21.8 Å². The van der Waals surface area contributed by atoms with Crippen molar-refractivity contribution in [3.05, 3.63) is 42.5 Å². The van der Waals surface area contributed by atoms with Crippen LogP contribution in [-0.4, -0.2) is 4.98 Å². The van der Waals surface area contributed by atoms with Gasteiger partial charge in [-0.05, 0) is 12.1 Å². The third-order valence-corrected chi connectivity index (χ3v) is 2.57. The van der Waals surface area contributed by atoms with E-state index in [1.807, 2.05) is 24.3 Å². The highest BCUT2D eigenvalue weighted by molar-refractivity contribution is 6.10. The molecule has 0 radical (unpaired) electrons. The minimum absolute atomic E-state index is 0.804. The van der Waals surface area contributed by atoms with Crippen LogP contribution in [0.5, 0.6) is 0 Å². The number of para-hydroxylation sites is 2. The fourth-order valence-corrected chi connectivity index (χ4v) is 1.90. The van der Waals surface area contributed by atoms with E-state index in [0.29, 0.717) is 0 Å². The topological polar surface area (TPSA) is 41.8 Å². The minimum atomic E-state index is 0.804. The zero-order valence-electron chi connectivity index (χ0n) is 7.62. The summed E-state index contributed by atoms with van der Waals surface area (Å²) in [6.45, 7) is 0. The summed E-state index contributed by atoms with van der Waals surface area (Å²) in [5.74, 6) is 0. The number of nitrogens with one attached hydrogen (secondary N) is 1. The van der Waals surface area contributed by atoms with E-state index in [2.05, 4.69) is 23.2 Å². The standard InChI is InChI=1S/C12H10N2/c13-10-6-3-5-9-8-4-1-2-7-11(8)14-12(9)10/h1-7,14H,13H2. The molecule has 1 aromatic heterocycles. The van der Waals surface area contributed by atoms with Crippen molar-refractivity contribution >= 4 is 27.5 Å². The predicted molar refractivity (Wildman–Crippen MR) is 60.2 cm³/mol. The number of anilines is 1. The van der Waals surface area contributed by atoms with E-state index < -0.39 is 0 Å². The number of rotatable bonds is 0. The fourth-order valence-electron chi connectivity index (χ4n) is 1.90. The second kappa shape index (κ2) is 2.51. The lowest BCUT2D eigenvalue weighted by molar-refractivity contribution is 1.54. The summed E-state index contributed by atoms with van der Waals surface area (Å²) >= 11 is 0. The lowest BCUT2D eigenvalue weighted by Crippen LogP contribution is -1.84. The number of aromatic nitrogens is 1. The Morgan fingerprint density at radius 3 is 2.57 bits per heavy atom. The Labute approximate surface area is 81.3 Å². The van der Waals surface area contributed by atoms with E-state index in [1.165, 1.54) is 10.8 Å². The molecule has 3 aromatic rings.